The quantitative estimate of drug-likeness (QED) is 0.621. The summed E-state index contributed by atoms with van der Waals surface area (Å²) in [6.07, 6.45) is 0.302. The zero-order chi connectivity index (χ0) is 9.35. The Labute approximate surface area is 76.5 Å². The molecule has 0 N–H and O–H groups in total. The highest BCUT2D eigenvalue weighted by molar-refractivity contribution is 7.90. The van der Waals surface area contributed by atoms with Crippen molar-refractivity contribution in [1.82, 2.24) is 4.31 Å². The minimum atomic E-state index is -3.53. The summed E-state index contributed by atoms with van der Waals surface area (Å²) in [7, 11) is -3.53. The number of amides is 1. The fourth-order valence-corrected chi connectivity index (χ4v) is 2.51. The van der Waals surface area contributed by atoms with Crippen molar-refractivity contribution < 1.29 is 13.2 Å². The van der Waals surface area contributed by atoms with Crippen molar-refractivity contribution in [2.75, 3.05) is 11.8 Å². The Hall–Kier alpha value is -0.290. The second-order valence-corrected chi connectivity index (χ2v) is 5.43. The van der Waals surface area contributed by atoms with Crippen LogP contribution in [-0.2, 0) is 14.8 Å². The Balaban J connectivity index is 2.85. The van der Waals surface area contributed by atoms with Gasteiger partial charge < -0.3 is 0 Å². The van der Waals surface area contributed by atoms with Gasteiger partial charge in [0, 0.05) is 13.0 Å². The Kier molecular flexibility index (Phi) is 2.63. The summed E-state index contributed by atoms with van der Waals surface area (Å²) in [6.45, 7) is 2.11. The van der Waals surface area contributed by atoms with Gasteiger partial charge in [-0.2, -0.15) is 0 Å². The van der Waals surface area contributed by atoms with E-state index in [1.54, 1.807) is 0 Å². The molecule has 0 bridgehead atoms. The number of hydrogen-bond donors (Lipinski definition) is 0. The molecule has 12 heavy (non-hydrogen) atoms. The van der Waals surface area contributed by atoms with E-state index in [9.17, 15) is 13.2 Å². The molecule has 1 saturated heterocycles. The van der Waals surface area contributed by atoms with Crippen molar-refractivity contribution in [3.63, 3.8) is 0 Å². The van der Waals surface area contributed by atoms with Gasteiger partial charge in [0.2, 0.25) is 5.91 Å². The Morgan fingerprint density at radius 2 is 2.25 bits per heavy atom. The number of carbonyl (C=O) groups excluding carboxylic acids is 1. The van der Waals surface area contributed by atoms with Gasteiger partial charge in [0.05, 0.1) is 0 Å². The van der Waals surface area contributed by atoms with Crippen LogP contribution >= 0.6 is 11.6 Å². The smallest absolute Gasteiger partial charge is 0.251 e. The normalized spacial score (nSPS) is 25.0. The maximum atomic E-state index is 11.1. The van der Waals surface area contributed by atoms with Crippen LogP contribution in [0, 0.1) is 5.92 Å². The topological polar surface area (TPSA) is 54.5 Å². The molecule has 0 saturated carbocycles. The van der Waals surface area contributed by atoms with Gasteiger partial charge in [-0.05, 0) is 5.92 Å². The molecule has 70 valence electrons. The highest BCUT2D eigenvalue weighted by Gasteiger charge is 2.34. The number of rotatable bonds is 2. The Morgan fingerprint density at radius 3 is 2.58 bits per heavy atom. The predicted octanol–water partition coefficient (Wildman–Crippen LogP) is 0.381. The first-order chi connectivity index (χ1) is 5.47. The highest BCUT2D eigenvalue weighted by atomic mass is 35.5. The van der Waals surface area contributed by atoms with Crippen molar-refractivity contribution in [2.45, 2.75) is 13.3 Å². The SMILES string of the molecule is CC1CC(=O)N(S(=O)(=O)CCl)C1. The van der Waals surface area contributed by atoms with Crippen molar-refractivity contribution in [1.29, 1.82) is 0 Å². The molecule has 0 aromatic carbocycles. The van der Waals surface area contributed by atoms with E-state index in [1.807, 2.05) is 6.92 Å². The number of halogens is 1. The van der Waals surface area contributed by atoms with Crippen LogP contribution in [0.4, 0.5) is 0 Å². The third kappa shape index (κ3) is 1.72. The van der Waals surface area contributed by atoms with Crippen molar-refractivity contribution in [2.24, 2.45) is 5.92 Å². The first-order valence-corrected chi connectivity index (χ1v) is 5.71. The number of sulfonamides is 1. The van der Waals surface area contributed by atoms with E-state index in [1.165, 1.54) is 0 Å². The molecule has 0 aromatic heterocycles. The molecule has 4 nitrogen and oxygen atoms in total. The maximum absolute atomic E-state index is 11.1. The standard InChI is InChI=1S/C6H10ClNO3S/c1-5-2-6(9)8(3-5)12(10,11)4-7/h5H,2-4H2,1H3. The predicted molar refractivity (Wildman–Crippen MR) is 45.1 cm³/mol. The largest absolute Gasteiger partial charge is 0.274 e. The third-order valence-electron chi connectivity index (χ3n) is 1.75. The Bertz CT molecular complexity index is 287. The number of nitrogens with zero attached hydrogens (tertiary/aromatic N) is 1. The Morgan fingerprint density at radius 1 is 1.67 bits per heavy atom. The zero-order valence-corrected chi connectivity index (χ0v) is 8.23. The van der Waals surface area contributed by atoms with E-state index >= 15 is 0 Å². The van der Waals surface area contributed by atoms with E-state index in [-0.39, 0.29) is 18.4 Å². The van der Waals surface area contributed by atoms with Crippen LogP contribution < -0.4 is 0 Å². The first kappa shape index (κ1) is 9.80. The average molecular weight is 212 g/mol. The maximum Gasteiger partial charge on any atom is 0.251 e. The summed E-state index contributed by atoms with van der Waals surface area (Å²) >= 11 is 5.20. The molecule has 0 aromatic rings. The molecule has 1 unspecified atom stereocenters. The van der Waals surface area contributed by atoms with E-state index in [0.717, 1.165) is 4.31 Å². The van der Waals surface area contributed by atoms with Crippen LogP contribution in [0.3, 0.4) is 0 Å². The second-order valence-electron chi connectivity index (χ2n) is 2.96. The van der Waals surface area contributed by atoms with E-state index in [0.29, 0.717) is 6.42 Å². The van der Waals surface area contributed by atoms with E-state index in [2.05, 4.69) is 0 Å². The molecule has 1 aliphatic rings. The molecule has 0 aliphatic carbocycles. The lowest BCUT2D eigenvalue weighted by Crippen LogP contribution is -2.32. The van der Waals surface area contributed by atoms with Crippen molar-refractivity contribution in [3.8, 4) is 0 Å². The summed E-state index contributed by atoms with van der Waals surface area (Å²) in [5, 5.41) is -0.522. The molecule has 1 heterocycles. The summed E-state index contributed by atoms with van der Waals surface area (Å²) in [5.41, 5.74) is 0. The van der Waals surface area contributed by atoms with E-state index in [4.69, 9.17) is 11.6 Å². The summed E-state index contributed by atoms with van der Waals surface area (Å²) in [5.74, 6) is -0.237. The third-order valence-corrected chi connectivity index (χ3v) is 3.88. The number of hydrogen-bond acceptors (Lipinski definition) is 3. The summed E-state index contributed by atoms with van der Waals surface area (Å²) in [6, 6.07) is 0. The van der Waals surface area contributed by atoms with Gasteiger partial charge >= 0.3 is 0 Å². The lowest BCUT2D eigenvalue weighted by Gasteiger charge is -2.13. The fraction of sp³-hybridized carbons (Fsp3) is 0.833. The monoisotopic (exact) mass is 211 g/mol. The summed E-state index contributed by atoms with van der Waals surface area (Å²) < 4.78 is 23.1. The van der Waals surface area contributed by atoms with Crippen molar-refractivity contribution in [3.05, 3.63) is 0 Å². The van der Waals surface area contributed by atoms with Crippen LogP contribution in [-0.4, -0.2) is 30.4 Å². The van der Waals surface area contributed by atoms with Crippen LogP contribution in [0.5, 0.6) is 0 Å². The van der Waals surface area contributed by atoms with Gasteiger partial charge in [0.25, 0.3) is 10.0 Å². The van der Waals surface area contributed by atoms with Crippen LogP contribution in [0.25, 0.3) is 0 Å². The van der Waals surface area contributed by atoms with Gasteiger partial charge in [-0.15, -0.1) is 11.6 Å². The number of alkyl halides is 1. The second kappa shape index (κ2) is 3.22. The minimum absolute atomic E-state index is 0.107. The summed E-state index contributed by atoms with van der Waals surface area (Å²) in [4.78, 5) is 11.1. The van der Waals surface area contributed by atoms with Gasteiger partial charge in [0.15, 0.2) is 0 Å². The lowest BCUT2D eigenvalue weighted by atomic mass is 10.2. The molecular formula is C6H10ClNO3S. The van der Waals surface area contributed by atoms with Gasteiger partial charge in [-0.25, -0.2) is 12.7 Å². The molecule has 1 atom stereocenters. The molecule has 1 fully saturated rings. The van der Waals surface area contributed by atoms with Crippen LogP contribution in [0.2, 0.25) is 0 Å². The highest BCUT2D eigenvalue weighted by Crippen LogP contribution is 2.20. The van der Waals surface area contributed by atoms with Crippen LogP contribution in [0.15, 0.2) is 0 Å². The zero-order valence-electron chi connectivity index (χ0n) is 6.66. The van der Waals surface area contributed by atoms with Gasteiger partial charge in [0.1, 0.15) is 5.21 Å². The molecule has 1 amide bonds. The van der Waals surface area contributed by atoms with Crippen LogP contribution in [0.1, 0.15) is 13.3 Å². The molecule has 1 rings (SSSR count). The molecule has 0 radical (unpaired) electrons. The first-order valence-electron chi connectivity index (χ1n) is 3.56. The average Bonchev–Trinajstić information content (AvgIpc) is 2.31. The molecule has 1 aliphatic heterocycles. The lowest BCUT2D eigenvalue weighted by molar-refractivity contribution is -0.123. The van der Waals surface area contributed by atoms with Crippen molar-refractivity contribution >= 4 is 27.5 Å². The fourth-order valence-electron chi connectivity index (χ4n) is 1.18. The number of carbonyl (C=O) groups is 1. The minimum Gasteiger partial charge on any atom is -0.274 e. The molecule has 0 spiro atoms. The van der Waals surface area contributed by atoms with Gasteiger partial charge in [-0.1, -0.05) is 6.92 Å². The molecular weight excluding hydrogens is 202 g/mol. The molecule has 6 heteroatoms. The van der Waals surface area contributed by atoms with Gasteiger partial charge in [-0.3, -0.25) is 4.79 Å². The van der Waals surface area contributed by atoms with E-state index < -0.39 is 15.2 Å².